The van der Waals surface area contributed by atoms with Crippen molar-refractivity contribution < 1.29 is 9.94 Å². The first-order valence-corrected chi connectivity index (χ1v) is 5.11. The summed E-state index contributed by atoms with van der Waals surface area (Å²) in [4.78, 5) is 10.4. The lowest BCUT2D eigenvalue weighted by Gasteiger charge is -2.27. The predicted molar refractivity (Wildman–Crippen MR) is 60.3 cm³/mol. The second kappa shape index (κ2) is 5.43. The van der Waals surface area contributed by atoms with Gasteiger partial charge in [0.15, 0.2) is 0 Å². The van der Waals surface area contributed by atoms with Gasteiger partial charge in [-0.3, -0.25) is 10.7 Å². The molecule has 2 heterocycles. The summed E-state index contributed by atoms with van der Waals surface area (Å²) in [5.74, 6) is 0.930. The highest BCUT2D eigenvalue weighted by atomic mass is 16.5. The monoisotopic (exact) mass is 222 g/mol. The average molecular weight is 222 g/mol. The Bertz CT molecular complexity index is 346. The molecule has 1 saturated heterocycles. The third kappa shape index (κ3) is 2.68. The molecule has 1 aliphatic heterocycles. The highest BCUT2D eigenvalue weighted by Gasteiger charge is 2.11. The first-order valence-electron chi connectivity index (χ1n) is 5.11. The largest absolute Gasteiger partial charge is 0.378 e. The zero-order valence-corrected chi connectivity index (χ0v) is 8.83. The number of nitrogens with zero attached hydrogens (tertiary/aromatic N) is 3. The van der Waals surface area contributed by atoms with Crippen LogP contribution in [-0.2, 0) is 4.74 Å². The molecule has 1 aliphatic rings. The molecule has 0 radical (unpaired) electrons. The van der Waals surface area contributed by atoms with Crippen molar-refractivity contribution in [3.05, 3.63) is 18.3 Å². The van der Waals surface area contributed by atoms with Crippen LogP contribution in [-0.4, -0.2) is 42.8 Å². The van der Waals surface area contributed by atoms with E-state index >= 15 is 0 Å². The summed E-state index contributed by atoms with van der Waals surface area (Å²) in [6, 6.07) is 3.76. The Labute approximate surface area is 93.5 Å². The molecule has 0 bridgehead atoms. The minimum absolute atomic E-state index is 0.693. The summed E-state index contributed by atoms with van der Waals surface area (Å²) in [5.41, 5.74) is 2.54. The molecule has 86 valence electrons. The number of nitrogens with one attached hydrogen (secondary N) is 1. The zero-order chi connectivity index (χ0) is 11.2. The van der Waals surface area contributed by atoms with E-state index in [0.717, 1.165) is 32.1 Å². The smallest absolute Gasteiger partial charge is 0.128 e. The second-order valence-corrected chi connectivity index (χ2v) is 3.36. The number of rotatable bonds is 3. The van der Waals surface area contributed by atoms with Gasteiger partial charge in [0, 0.05) is 13.1 Å². The molecular weight excluding hydrogens is 208 g/mol. The minimum Gasteiger partial charge on any atom is -0.378 e. The highest BCUT2D eigenvalue weighted by Crippen LogP contribution is 2.16. The lowest BCUT2D eigenvalue weighted by molar-refractivity contribution is 0.122. The van der Waals surface area contributed by atoms with Crippen LogP contribution in [0.15, 0.2) is 23.3 Å². The van der Waals surface area contributed by atoms with Crippen molar-refractivity contribution in [3.63, 3.8) is 0 Å². The van der Waals surface area contributed by atoms with Gasteiger partial charge in [-0.25, -0.2) is 9.98 Å². The summed E-state index contributed by atoms with van der Waals surface area (Å²) in [5, 5.41) is 8.34. The Balaban J connectivity index is 2.03. The molecule has 0 saturated carbocycles. The molecule has 6 heteroatoms. The number of hydrogen-bond acceptors (Lipinski definition) is 5. The maximum absolute atomic E-state index is 8.34. The van der Waals surface area contributed by atoms with Crippen LogP contribution in [0, 0.1) is 0 Å². The fourth-order valence-corrected chi connectivity index (χ4v) is 1.54. The summed E-state index contributed by atoms with van der Waals surface area (Å²) in [6.45, 7) is 3.23. The van der Waals surface area contributed by atoms with Crippen molar-refractivity contribution in [1.82, 2.24) is 10.5 Å². The number of morpholine rings is 1. The van der Waals surface area contributed by atoms with Gasteiger partial charge in [-0.15, -0.1) is 0 Å². The number of hydrogen-bond donors (Lipinski definition) is 2. The van der Waals surface area contributed by atoms with E-state index < -0.39 is 0 Å². The fraction of sp³-hybridized carbons (Fsp3) is 0.400. The number of aromatic nitrogens is 1. The maximum atomic E-state index is 8.34. The molecule has 1 fully saturated rings. The van der Waals surface area contributed by atoms with E-state index in [4.69, 9.17) is 9.94 Å². The number of pyridine rings is 1. The molecular formula is C10H14N4O2. The van der Waals surface area contributed by atoms with Crippen LogP contribution >= 0.6 is 0 Å². The molecule has 16 heavy (non-hydrogen) atoms. The van der Waals surface area contributed by atoms with Gasteiger partial charge in [-0.05, 0) is 12.1 Å². The van der Waals surface area contributed by atoms with Gasteiger partial charge in [0.2, 0.25) is 0 Å². The Morgan fingerprint density at radius 3 is 2.88 bits per heavy atom. The first-order chi connectivity index (χ1) is 7.90. The first kappa shape index (κ1) is 10.8. The number of anilines is 1. The van der Waals surface area contributed by atoms with E-state index in [0.29, 0.717) is 5.69 Å². The molecule has 2 N–H and O–H groups in total. The van der Waals surface area contributed by atoms with E-state index in [-0.39, 0.29) is 0 Å². The SMILES string of the molecule is ONC=Nc1ccc(N2CCOCC2)nc1. The van der Waals surface area contributed by atoms with E-state index in [9.17, 15) is 0 Å². The molecule has 0 spiro atoms. The van der Waals surface area contributed by atoms with Crippen molar-refractivity contribution >= 4 is 17.8 Å². The highest BCUT2D eigenvalue weighted by molar-refractivity contribution is 5.59. The fourth-order valence-electron chi connectivity index (χ4n) is 1.54. The molecule has 6 nitrogen and oxygen atoms in total. The van der Waals surface area contributed by atoms with Crippen LogP contribution in [0.5, 0.6) is 0 Å². The third-order valence-corrected chi connectivity index (χ3v) is 2.34. The molecule has 2 rings (SSSR count). The van der Waals surface area contributed by atoms with Crippen LogP contribution in [0.2, 0.25) is 0 Å². The molecule has 1 aromatic heterocycles. The Hall–Kier alpha value is -1.66. The Kier molecular flexibility index (Phi) is 3.68. The lowest BCUT2D eigenvalue weighted by atomic mass is 10.3. The number of hydroxylamine groups is 1. The normalized spacial score (nSPS) is 16.7. The van der Waals surface area contributed by atoms with Crippen molar-refractivity contribution in [2.75, 3.05) is 31.2 Å². The van der Waals surface area contributed by atoms with Crippen molar-refractivity contribution in [3.8, 4) is 0 Å². The van der Waals surface area contributed by atoms with E-state index in [1.807, 2.05) is 17.6 Å². The average Bonchev–Trinajstić information content (AvgIpc) is 2.38. The molecule has 0 atom stereocenters. The van der Waals surface area contributed by atoms with E-state index in [1.165, 1.54) is 6.34 Å². The summed E-state index contributed by atoms with van der Waals surface area (Å²) in [7, 11) is 0. The van der Waals surface area contributed by atoms with E-state index in [2.05, 4.69) is 14.9 Å². The van der Waals surface area contributed by atoms with Crippen LogP contribution in [0.1, 0.15) is 0 Å². The summed E-state index contributed by atoms with van der Waals surface area (Å²) < 4.78 is 5.27. The van der Waals surface area contributed by atoms with Crippen molar-refractivity contribution in [1.29, 1.82) is 0 Å². The zero-order valence-electron chi connectivity index (χ0n) is 8.83. The predicted octanol–water partition coefficient (Wildman–Crippen LogP) is 0.557. The molecule has 1 aromatic rings. The minimum atomic E-state index is 0.693. The molecule has 0 aromatic carbocycles. The van der Waals surface area contributed by atoms with Gasteiger partial charge >= 0.3 is 0 Å². The van der Waals surface area contributed by atoms with Gasteiger partial charge in [0.1, 0.15) is 12.2 Å². The third-order valence-electron chi connectivity index (χ3n) is 2.34. The number of ether oxygens (including phenoxy) is 1. The molecule has 0 unspecified atom stereocenters. The van der Waals surface area contributed by atoms with Gasteiger partial charge in [-0.2, -0.15) is 0 Å². The molecule has 0 amide bonds. The van der Waals surface area contributed by atoms with Gasteiger partial charge in [0.25, 0.3) is 0 Å². The van der Waals surface area contributed by atoms with Gasteiger partial charge < -0.3 is 9.64 Å². The van der Waals surface area contributed by atoms with E-state index in [1.54, 1.807) is 6.20 Å². The van der Waals surface area contributed by atoms with Crippen LogP contribution in [0.3, 0.4) is 0 Å². The van der Waals surface area contributed by atoms with Crippen LogP contribution in [0.4, 0.5) is 11.5 Å². The maximum Gasteiger partial charge on any atom is 0.128 e. The topological polar surface area (TPSA) is 70.0 Å². The van der Waals surface area contributed by atoms with Gasteiger partial charge in [-0.1, -0.05) is 0 Å². The number of aliphatic imine (C=N–C) groups is 1. The van der Waals surface area contributed by atoms with Crippen molar-refractivity contribution in [2.45, 2.75) is 0 Å². The summed E-state index contributed by atoms with van der Waals surface area (Å²) >= 11 is 0. The van der Waals surface area contributed by atoms with Gasteiger partial charge in [0.05, 0.1) is 25.1 Å². The van der Waals surface area contributed by atoms with Crippen molar-refractivity contribution in [2.24, 2.45) is 4.99 Å². The standard InChI is InChI=1S/C10H14N4O2/c15-13-8-12-9-1-2-10(11-7-9)14-3-5-16-6-4-14/h1-2,7-8,15H,3-6H2,(H,12,13). The Morgan fingerprint density at radius 2 is 2.25 bits per heavy atom. The summed E-state index contributed by atoms with van der Waals surface area (Å²) in [6.07, 6.45) is 2.87. The Morgan fingerprint density at radius 1 is 1.44 bits per heavy atom. The second-order valence-electron chi connectivity index (χ2n) is 3.36. The van der Waals surface area contributed by atoms with Crippen LogP contribution < -0.4 is 10.4 Å². The lowest BCUT2D eigenvalue weighted by Crippen LogP contribution is -2.36. The van der Waals surface area contributed by atoms with Crippen LogP contribution in [0.25, 0.3) is 0 Å². The quantitative estimate of drug-likeness (QED) is 0.444. The molecule has 0 aliphatic carbocycles.